The summed E-state index contributed by atoms with van der Waals surface area (Å²) < 4.78 is 0. The first kappa shape index (κ1) is 30.6. The summed E-state index contributed by atoms with van der Waals surface area (Å²) in [6.45, 7) is 0. The van der Waals surface area contributed by atoms with Crippen molar-refractivity contribution >= 4 is 64.6 Å². The third kappa shape index (κ3) is 4.71. The summed E-state index contributed by atoms with van der Waals surface area (Å²) in [5, 5.41) is 15.1. The van der Waals surface area contributed by atoms with Gasteiger partial charge in [-0.25, -0.2) is 0 Å². The summed E-state index contributed by atoms with van der Waals surface area (Å²) in [7, 11) is 0. The van der Waals surface area contributed by atoms with Crippen LogP contribution in [0.3, 0.4) is 0 Å². The van der Waals surface area contributed by atoms with Crippen molar-refractivity contribution in [2.45, 2.75) is 0 Å². The van der Waals surface area contributed by atoms with Gasteiger partial charge in [-0.1, -0.05) is 194 Å². The first-order valence-electron chi connectivity index (χ1n) is 18.8. The van der Waals surface area contributed by atoms with E-state index in [0.717, 1.165) is 0 Å². The fourth-order valence-corrected chi connectivity index (χ4v) is 9.08. The van der Waals surface area contributed by atoms with Crippen molar-refractivity contribution in [2.75, 3.05) is 0 Å². The summed E-state index contributed by atoms with van der Waals surface area (Å²) in [5.74, 6) is 0. The van der Waals surface area contributed by atoms with Crippen molar-refractivity contribution in [3.8, 4) is 44.5 Å². The van der Waals surface area contributed by atoms with Crippen LogP contribution < -0.4 is 0 Å². The lowest BCUT2D eigenvalue weighted by Crippen LogP contribution is -1.94. The zero-order valence-electron chi connectivity index (χ0n) is 29.6. The maximum Gasteiger partial charge on any atom is -0.00199 e. The minimum absolute atomic E-state index is 1.22. The van der Waals surface area contributed by atoms with Crippen molar-refractivity contribution in [1.29, 1.82) is 0 Å². The average Bonchev–Trinajstić information content (AvgIpc) is 3.24. The maximum absolute atomic E-state index is 2.49. The van der Waals surface area contributed by atoms with Gasteiger partial charge < -0.3 is 0 Å². The van der Waals surface area contributed by atoms with Crippen LogP contribution in [0.2, 0.25) is 0 Å². The van der Waals surface area contributed by atoms with Crippen molar-refractivity contribution < 1.29 is 0 Å². The molecule has 0 aromatic heterocycles. The Morgan fingerprint density at radius 1 is 0.185 bits per heavy atom. The normalized spacial score (nSPS) is 11.7. The zero-order chi connectivity index (χ0) is 35.6. The Morgan fingerprint density at radius 3 is 1.24 bits per heavy atom. The fourth-order valence-electron chi connectivity index (χ4n) is 9.08. The third-order valence-corrected chi connectivity index (χ3v) is 11.4. The number of fused-ring (bicyclic) bond motifs is 6. The van der Waals surface area contributed by atoms with Crippen LogP contribution in [-0.4, -0.2) is 0 Å². The summed E-state index contributed by atoms with van der Waals surface area (Å²) in [5.41, 5.74) is 10.0. The van der Waals surface area contributed by atoms with Gasteiger partial charge >= 0.3 is 0 Å². The number of benzene rings is 11. The van der Waals surface area contributed by atoms with E-state index in [9.17, 15) is 0 Å². The Kier molecular flexibility index (Phi) is 6.97. The molecule has 0 saturated heterocycles. The molecule has 0 aliphatic heterocycles. The van der Waals surface area contributed by atoms with Crippen LogP contribution in [0.5, 0.6) is 0 Å². The van der Waals surface area contributed by atoms with Gasteiger partial charge in [0.05, 0.1) is 0 Å². The van der Waals surface area contributed by atoms with Crippen molar-refractivity contribution in [1.82, 2.24) is 0 Å². The van der Waals surface area contributed by atoms with E-state index in [1.165, 1.54) is 109 Å². The van der Waals surface area contributed by atoms with Crippen LogP contribution in [0.25, 0.3) is 109 Å². The highest BCUT2D eigenvalue weighted by Crippen LogP contribution is 2.49. The number of hydrogen-bond acceptors (Lipinski definition) is 0. The topological polar surface area (TPSA) is 0 Å². The predicted molar refractivity (Wildman–Crippen MR) is 233 cm³/mol. The van der Waals surface area contributed by atoms with Gasteiger partial charge in [-0.3, -0.25) is 0 Å². The van der Waals surface area contributed by atoms with Gasteiger partial charge in [0.2, 0.25) is 0 Å². The monoisotopic (exact) mass is 682 g/mol. The number of rotatable bonds is 4. The molecule has 0 radical (unpaired) electrons. The van der Waals surface area contributed by atoms with Gasteiger partial charge in [0.25, 0.3) is 0 Å². The molecule has 250 valence electrons. The highest BCUT2D eigenvalue weighted by atomic mass is 14.2. The zero-order valence-corrected chi connectivity index (χ0v) is 29.6. The van der Waals surface area contributed by atoms with Crippen molar-refractivity contribution in [3.05, 3.63) is 206 Å². The molecule has 0 heterocycles. The van der Waals surface area contributed by atoms with Crippen LogP contribution in [0.15, 0.2) is 206 Å². The van der Waals surface area contributed by atoms with Crippen LogP contribution in [0.4, 0.5) is 0 Å². The van der Waals surface area contributed by atoms with Gasteiger partial charge in [0.15, 0.2) is 0 Å². The minimum Gasteiger partial charge on any atom is -0.0622 e. The van der Waals surface area contributed by atoms with E-state index in [-0.39, 0.29) is 0 Å². The van der Waals surface area contributed by atoms with Gasteiger partial charge in [-0.2, -0.15) is 0 Å². The molecule has 0 heteroatoms. The van der Waals surface area contributed by atoms with E-state index >= 15 is 0 Å². The standard InChI is InChI=1S/C54H34/c1-2-17-37(18-3-1)51-43-22-8-10-24-45(43)53(46-25-11-9-23-44(46)51)40-31-32-49-50(34-40)54(42-28-14-20-36-16-6-7-21-41(36)42)48-27-13-12-26-47(48)52(49)39-30-29-35-15-4-5-19-38(35)33-39/h1-34H. The SMILES string of the molecule is c1ccc(-c2c3ccccc3c(-c3ccc4c(-c5ccc6ccccc6c5)c5ccccc5c(-c5cccc6ccccc56)c4c3)c3ccccc23)cc1. The van der Waals surface area contributed by atoms with Crippen LogP contribution in [0.1, 0.15) is 0 Å². The van der Waals surface area contributed by atoms with Gasteiger partial charge in [-0.15, -0.1) is 0 Å². The van der Waals surface area contributed by atoms with E-state index in [2.05, 4.69) is 206 Å². The second-order valence-electron chi connectivity index (χ2n) is 14.4. The molecule has 0 unspecified atom stereocenters. The Balaban J connectivity index is 1.30. The highest BCUT2D eigenvalue weighted by molar-refractivity contribution is 6.26. The smallest absolute Gasteiger partial charge is 0.00199 e. The minimum atomic E-state index is 1.22. The van der Waals surface area contributed by atoms with E-state index in [4.69, 9.17) is 0 Å². The van der Waals surface area contributed by atoms with Crippen LogP contribution >= 0.6 is 0 Å². The molecule has 0 aliphatic rings. The first-order valence-corrected chi connectivity index (χ1v) is 18.8. The van der Waals surface area contributed by atoms with Crippen LogP contribution in [0, 0.1) is 0 Å². The first-order chi connectivity index (χ1) is 26.8. The fraction of sp³-hybridized carbons (Fsp3) is 0. The Bertz CT molecular complexity index is 3200. The molecule has 0 spiro atoms. The van der Waals surface area contributed by atoms with Gasteiger partial charge in [0.1, 0.15) is 0 Å². The van der Waals surface area contributed by atoms with E-state index < -0.39 is 0 Å². The third-order valence-electron chi connectivity index (χ3n) is 11.4. The molecular formula is C54H34. The molecule has 0 saturated carbocycles. The Hall–Kier alpha value is -7.02. The summed E-state index contributed by atoms with van der Waals surface area (Å²) >= 11 is 0. The van der Waals surface area contributed by atoms with Crippen molar-refractivity contribution in [2.24, 2.45) is 0 Å². The molecule has 0 atom stereocenters. The molecule has 0 amide bonds. The summed E-state index contributed by atoms with van der Waals surface area (Å²) in [6.07, 6.45) is 0. The average molecular weight is 683 g/mol. The lowest BCUT2D eigenvalue weighted by atomic mass is 9.82. The molecule has 11 rings (SSSR count). The molecule has 0 nitrogen and oxygen atoms in total. The molecule has 11 aromatic rings. The largest absolute Gasteiger partial charge is 0.0622 e. The van der Waals surface area contributed by atoms with E-state index in [1.807, 2.05) is 0 Å². The maximum atomic E-state index is 2.49. The van der Waals surface area contributed by atoms with Crippen molar-refractivity contribution in [3.63, 3.8) is 0 Å². The second-order valence-corrected chi connectivity index (χ2v) is 14.4. The van der Waals surface area contributed by atoms with E-state index in [1.54, 1.807) is 0 Å². The van der Waals surface area contributed by atoms with Crippen LogP contribution in [-0.2, 0) is 0 Å². The Morgan fingerprint density at radius 2 is 0.611 bits per heavy atom. The van der Waals surface area contributed by atoms with Gasteiger partial charge in [-0.05, 0) is 121 Å². The summed E-state index contributed by atoms with van der Waals surface area (Å²) in [4.78, 5) is 0. The summed E-state index contributed by atoms with van der Waals surface area (Å²) in [6, 6.07) is 76.2. The Labute approximate surface area is 314 Å². The second kappa shape index (κ2) is 12.3. The quantitative estimate of drug-likeness (QED) is 0.162. The lowest BCUT2D eigenvalue weighted by molar-refractivity contribution is 1.66. The molecule has 11 aromatic carbocycles. The lowest BCUT2D eigenvalue weighted by Gasteiger charge is -2.21. The molecule has 0 aliphatic carbocycles. The van der Waals surface area contributed by atoms with E-state index in [0.29, 0.717) is 0 Å². The predicted octanol–water partition coefficient (Wildman–Crippen LogP) is 15.3. The molecular weight excluding hydrogens is 649 g/mol. The molecule has 0 N–H and O–H groups in total. The molecule has 54 heavy (non-hydrogen) atoms. The van der Waals surface area contributed by atoms with Gasteiger partial charge in [0, 0.05) is 0 Å². The molecule has 0 bridgehead atoms. The number of hydrogen-bond donors (Lipinski definition) is 0. The highest BCUT2D eigenvalue weighted by Gasteiger charge is 2.21. The molecule has 0 fully saturated rings.